The van der Waals surface area contributed by atoms with Crippen molar-refractivity contribution >= 4 is 17.6 Å². The Kier molecular flexibility index (Phi) is 5.62. The summed E-state index contributed by atoms with van der Waals surface area (Å²) in [7, 11) is 1.82. The maximum absolute atomic E-state index is 6.36. The van der Waals surface area contributed by atoms with Crippen LogP contribution < -0.4 is 14.8 Å². The molecule has 2 aliphatic rings. The highest BCUT2D eigenvalue weighted by Gasteiger charge is 2.29. The molecule has 1 aromatic carbocycles. The molecule has 0 amide bonds. The van der Waals surface area contributed by atoms with Crippen molar-refractivity contribution in [3.8, 4) is 11.5 Å². The first kappa shape index (κ1) is 18.9. The maximum Gasteiger partial charge on any atom is 0.193 e. The minimum Gasteiger partial charge on any atom is -0.486 e. The first-order valence-electron chi connectivity index (χ1n) is 9.66. The molecule has 0 radical (unpaired) electrons. The summed E-state index contributed by atoms with van der Waals surface area (Å²) in [6.07, 6.45) is 6.89. The van der Waals surface area contributed by atoms with Crippen LogP contribution in [0.15, 0.2) is 35.8 Å². The van der Waals surface area contributed by atoms with E-state index in [4.69, 9.17) is 21.1 Å². The van der Waals surface area contributed by atoms with Crippen molar-refractivity contribution < 1.29 is 9.47 Å². The van der Waals surface area contributed by atoms with Gasteiger partial charge in [0.15, 0.2) is 17.5 Å². The number of ether oxygens (including phenoxy) is 2. The van der Waals surface area contributed by atoms with Crippen molar-refractivity contribution in [1.82, 2.24) is 19.8 Å². The standard InChI is InChI=1S/C20H26ClN5O2/c1-14-3-5-25(12-17(14)26-6-4-23-13-26)20(22-2)24-11-15-9-16(21)19-18(10-15)27-7-8-28-19/h4,6,9-10,13-14,17H,3,5,7-8,11-12H2,1-2H3,(H,22,24). The molecule has 2 atom stereocenters. The van der Waals surface area contributed by atoms with Gasteiger partial charge in [-0.2, -0.15) is 0 Å². The van der Waals surface area contributed by atoms with E-state index in [0.717, 1.165) is 31.0 Å². The maximum atomic E-state index is 6.36. The van der Waals surface area contributed by atoms with Crippen LogP contribution in [0.3, 0.4) is 0 Å². The fraction of sp³-hybridized carbons (Fsp3) is 0.500. The van der Waals surface area contributed by atoms with Gasteiger partial charge in [0.25, 0.3) is 0 Å². The van der Waals surface area contributed by atoms with Gasteiger partial charge in [-0.25, -0.2) is 4.98 Å². The van der Waals surface area contributed by atoms with Crippen LogP contribution in [0.25, 0.3) is 0 Å². The lowest BCUT2D eigenvalue weighted by atomic mass is 9.93. The molecule has 0 bridgehead atoms. The van der Waals surface area contributed by atoms with Gasteiger partial charge in [0.2, 0.25) is 0 Å². The highest BCUT2D eigenvalue weighted by Crippen LogP contribution is 2.38. The van der Waals surface area contributed by atoms with Gasteiger partial charge in [-0.05, 0) is 30.0 Å². The first-order valence-corrected chi connectivity index (χ1v) is 10.0. The SMILES string of the molecule is CN=C(NCc1cc(Cl)c2c(c1)OCCO2)N1CCC(C)C(n2ccnc2)C1. The molecule has 8 heteroatoms. The Labute approximate surface area is 170 Å². The van der Waals surface area contributed by atoms with Crippen molar-refractivity contribution in [3.05, 3.63) is 41.4 Å². The Morgan fingerprint density at radius 1 is 1.36 bits per heavy atom. The number of likely N-dealkylation sites (tertiary alicyclic amines) is 1. The van der Waals surface area contributed by atoms with Gasteiger partial charge in [-0.15, -0.1) is 0 Å². The van der Waals surface area contributed by atoms with Crippen LogP contribution in [0.5, 0.6) is 11.5 Å². The summed E-state index contributed by atoms with van der Waals surface area (Å²) in [6.45, 7) is 5.87. The molecule has 1 fully saturated rings. The van der Waals surface area contributed by atoms with Crippen LogP contribution in [-0.2, 0) is 6.54 Å². The van der Waals surface area contributed by atoms with E-state index in [1.807, 2.05) is 37.9 Å². The van der Waals surface area contributed by atoms with Crippen LogP contribution in [0.4, 0.5) is 0 Å². The average Bonchev–Trinajstić information content (AvgIpc) is 3.24. The summed E-state index contributed by atoms with van der Waals surface area (Å²) < 4.78 is 13.5. The van der Waals surface area contributed by atoms with Crippen LogP contribution in [0.2, 0.25) is 5.02 Å². The number of hydrogen-bond donors (Lipinski definition) is 1. The van der Waals surface area contributed by atoms with E-state index in [9.17, 15) is 0 Å². The Morgan fingerprint density at radius 3 is 3.00 bits per heavy atom. The third kappa shape index (κ3) is 3.90. The highest BCUT2D eigenvalue weighted by atomic mass is 35.5. The number of aliphatic imine (C=N–C) groups is 1. The van der Waals surface area contributed by atoms with E-state index in [2.05, 4.69) is 31.7 Å². The zero-order valence-corrected chi connectivity index (χ0v) is 17.0. The first-order chi connectivity index (χ1) is 13.7. The minimum atomic E-state index is 0.388. The molecule has 28 heavy (non-hydrogen) atoms. The van der Waals surface area contributed by atoms with E-state index in [-0.39, 0.29) is 0 Å². The zero-order chi connectivity index (χ0) is 19.5. The molecule has 1 aromatic heterocycles. The fourth-order valence-electron chi connectivity index (χ4n) is 3.87. The Balaban J connectivity index is 1.43. The second-order valence-electron chi connectivity index (χ2n) is 7.29. The number of nitrogens with zero attached hydrogens (tertiary/aromatic N) is 4. The largest absolute Gasteiger partial charge is 0.486 e. The molecule has 0 saturated carbocycles. The monoisotopic (exact) mass is 403 g/mol. The van der Waals surface area contributed by atoms with Crippen LogP contribution in [0, 0.1) is 5.92 Å². The summed E-state index contributed by atoms with van der Waals surface area (Å²) in [5, 5.41) is 4.05. The summed E-state index contributed by atoms with van der Waals surface area (Å²) in [5.74, 6) is 2.83. The van der Waals surface area contributed by atoms with Crippen LogP contribution in [-0.4, -0.2) is 53.8 Å². The average molecular weight is 404 g/mol. The molecular formula is C20H26ClN5O2. The highest BCUT2D eigenvalue weighted by molar-refractivity contribution is 6.32. The van der Waals surface area contributed by atoms with Crippen molar-refractivity contribution in [2.75, 3.05) is 33.4 Å². The lowest BCUT2D eigenvalue weighted by Gasteiger charge is -2.39. The molecule has 2 unspecified atom stereocenters. The lowest BCUT2D eigenvalue weighted by Crippen LogP contribution is -2.48. The fourth-order valence-corrected chi connectivity index (χ4v) is 4.16. The molecule has 2 aromatic rings. The second kappa shape index (κ2) is 8.31. The summed E-state index contributed by atoms with van der Waals surface area (Å²) in [4.78, 5) is 11.0. The van der Waals surface area contributed by atoms with Crippen molar-refractivity contribution in [1.29, 1.82) is 0 Å². The minimum absolute atomic E-state index is 0.388. The van der Waals surface area contributed by atoms with Gasteiger partial charge in [-0.1, -0.05) is 18.5 Å². The number of hydrogen-bond acceptors (Lipinski definition) is 4. The Bertz CT molecular complexity index is 839. The molecule has 0 spiro atoms. The number of halogens is 1. The quantitative estimate of drug-likeness (QED) is 0.630. The third-order valence-electron chi connectivity index (χ3n) is 5.45. The predicted molar refractivity (Wildman–Crippen MR) is 109 cm³/mol. The number of aromatic nitrogens is 2. The van der Waals surface area contributed by atoms with Gasteiger partial charge in [0, 0.05) is 39.1 Å². The van der Waals surface area contributed by atoms with E-state index in [1.54, 1.807) is 0 Å². The number of fused-ring (bicyclic) bond motifs is 1. The van der Waals surface area contributed by atoms with Crippen LogP contribution >= 0.6 is 11.6 Å². The molecular weight excluding hydrogens is 378 g/mol. The van der Waals surface area contributed by atoms with Gasteiger partial charge >= 0.3 is 0 Å². The Morgan fingerprint density at radius 2 is 2.21 bits per heavy atom. The molecule has 0 aliphatic carbocycles. The Hall–Kier alpha value is -2.41. The predicted octanol–water partition coefficient (Wildman–Crippen LogP) is 2.97. The summed E-state index contributed by atoms with van der Waals surface area (Å²) in [5.41, 5.74) is 1.03. The van der Waals surface area contributed by atoms with Gasteiger partial charge < -0.3 is 24.3 Å². The number of rotatable bonds is 3. The summed E-state index contributed by atoms with van der Waals surface area (Å²) in [6, 6.07) is 4.29. The van der Waals surface area contributed by atoms with Crippen molar-refractivity contribution in [2.24, 2.45) is 10.9 Å². The van der Waals surface area contributed by atoms with E-state index in [1.165, 1.54) is 0 Å². The van der Waals surface area contributed by atoms with Crippen molar-refractivity contribution in [3.63, 3.8) is 0 Å². The summed E-state index contributed by atoms with van der Waals surface area (Å²) >= 11 is 6.36. The number of imidazole rings is 1. The molecule has 1 N–H and O–H groups in total. The van der Waals surface area contributed by atoms with E-state index >= 15 is 0 Å². The van der Waals surface area contributed by atoms with E-state index in [0.29, 0.717) is 48.2 Å². The van der Waals surface area contributed by atoms with E-state index < -0.39 is 0 Å². The lowest BCUT2D eigenvalue weighted by molar-refractivity contribution is 0.171. The molecule has 1 saturated heterocycles. The molecule has 2 aliphatic heterocycles. The molecule has 7 nitrogen and oxygen atoms in total. The zero-order valence-electron chi connectivity index (χ0n) is 16.3. The molecule has 3 heterocycles. The number of piperidine rings is 1. The topological polar surface area (TPSA) is 63.9 Å². The number of nitrogens with one attached hydrogen (secondary N) is 1. The number of guanidine groups is 1. The van der Waals surface area contributed by atoms with Crippen LogP contribution in [0.1, 0.15) is 24.9 Å². The van der Waals surface area contributed by atoms with Crippen molar-refractivity contribution in [2.45, 2.75) is 25.9 Å². The van der Waals surface area contributed by atoms with Gasteiger partial charge in [0.1, 0.15) is 13.2 Å². The van der Waals surface area contributed by atoms with Gasteiger partial charge in [-0.3, -0.25) is 4.99 Å². The molecule has 4 rings (SSSR count). The molecule has 150 valence electrons. The third-order valence-corrected chi connectivity index (χ3v) is 5.73. The second-order valence-corrected chi connectivity index (χ2v) is 7.70. The number of benzene rings is 1. The van der Waals surface area contributed by atoms with Gasteiger partial charge in [0.05, 0.1) is 17.4 Å². The normalized spacial score (nSPS) is 22.2. The smallest absolute Gasteiger partial charge is 0.193 e.